The van der Waals surface area contributed by atoms with E-state index in [-0.39, 0.29) is 17.9 Å². The maximum Gasteiger partial charge on any atom is 0.222 e. The number of halogens is 1. The Kier molecular flexibility index (Phi) is 6.71. The molecule has 9 heteroatoms. The minimum Gasteiger partial charge on any atom is -0.368 e. The van der Waals surface area contributed by atoms with Crippen LogP contribution in [0.2, 0.25) is 0 Å². The Balaban J connectivity index is 1.27. The predicted molar refractivity (Wildman–Crippen MR) is 112 cm³/mol. The topological polar surface area (TPSA) is 87.7 Å². The number of carbonyl (C=O) groups excluding carboxylic acids is 2. The molecular weight excluding hydrogens is 401 g/mol. The number of amides is 2. The zero-order valence-corrected chi connectivity index (χ0v) is 17.3. The van der Waals surface area contributed by atoms with Crippen molar-refractivity contribution in [1.29, 1.82) is 0 Å². The molecule has 164 valence electrons. The number of nitrogens with one attached hydrogen (secondary N) is 1. The van der Waals surface area contributed by atoms with Crippen molar-refractivity contribution in [2.75, 3.05) is 38.1 Å². The van der Waals surface area contributed by atoms with E-state index in [1.807, 2.05) is 21.9 Å². The number of nitrogens with zero attached hydrogens (tertiary/aromatic N) is 4. The lowest BCUT2D eigenvalue weighted by molar-refractivity contribution is -0.139. The zero-order chi connectivity index (χ0) is 21.6. The van der Waals surface area contributed by atoms with Gasteiger partial charge in [0.05, 0.1) is 36.9 Å². The summed E-state index contributed by atoms with van der Waals surface area (Å²) in [5.41, 5.74) is 1.47. The van der Waals surface area contributed by atoms with Crippen molar-refractivity contribution in [2.45, 2.75) is 31.8 Å². The highest BCUT2D eigenvalue weighted by atomic mass is 19.1. The van der Waals surface area contributed by atoms with Crippen molar-refractivity contribution < 1.29 is 18.7 Å². The standard InChI is InChI=1S/C22H26FN5O3/c23-16-5-8-20(25-13-16)26-17-6-7-18(24-14-17)19-15-28(11-12-31-19)22(30)4-2-10-27-9-1-3-21(27)29/h5-8,13-14,19H,1-4,9-12,15H2,(H,25,26)/t19-/m0/s1. The largest absolute Gasteiger partial charge is 0.368 e. The maximum absolute atomic E-state index is 13.0. The van der Waals surface area contributed by atoms with Gasteiger partial charge in [-0.25, -0.2) is 9.37 Å². The molecule has 2 aliphatic heterocycles. The molecule has 4 heterocycles. The molecule has 2 aromatic rings. The fourth-order valence-corrected chi connectivity index (χ4v) is 3.84. The van der Waals surface area contributed by atoms with Crippen LogP contribution in [0.1, 0.15) is 37.5 Å². The van der Waals surface area contributed by atoms with E-state index in [1.54, 1.807) is 12.3 Å². The van der Waals surface area contributed by atoms with E-state index >= 15 is 0 Å². The molecular formula is C22H26FN5O3. The lowest BCUT2D eigenvalue weighted by Crippen LogP contribution is -2.42. The minimum atomic E-state index is -0.392. The average molecular weight is 427 g/mol. The van der Waals surface area contributed by atoms with E-state index in [0.29, 0.717) is 51.3 Å². The first-order valence-electron chi connectivity index (χ1n) is 10.6. The molecule has 0 bridgehead atoms. The average Bonchev–Trinajstić information content (AvgIpc) is 3.20. The Morgan fingerprint density at radius 3 is 2.81 bits per heavy atom. The number of morpholine rings is 1. The quantitative estimate of drug-likeness (QED) is 0.731. The van der Waals surface area contributed by atoms with Crippen LogP contribution in [0.5, 0.6) is 0 Å². The Hall–Kier alpha value is -3.07. The van der Waals surface area contributed by atoms with Gasteiger partial charge < -0.3 is 19.9 Å². The first-order valence-corrected chi connectivity index (χ1v) is 10.6. The summed E-state index contributed by atoms with van der Waals surface area (Å²) >= 11 is 0. The molecule has 0 saturated carbocycles. The number of pyridine rings is 2. The molecule has 31 heavy (non-hydrogen) atoms. The van der Waals surface area contributed by atoms with Crippen LogP contribution in [0.3, 0.4) is 0 Å². The van der Waals surface area contributed by atoms with E-state index in [1.165, 1.54) is 6.07 Å². The Morgan fingerprint density at radius 1 is 1.19 bits per heavy atom. The van der Waals surface area contributed by atoms with Gasteiger partial charge in [0.1, 0.15) is 17.7 Å². The number of rotatable bonds is 7. The molecule has 2 amide bonds. The van der Waals surface area contributed by atoms with E-state index in [0.717, 1.165) is 30.5 Å². The highest BCUT2D eigenvalue weighted by molar-refractivity contribution is 5.78. The lowest BCUT2D eigenvalue weighted by atomic mass is 10.1. The zero-order valence-electron chi connectivity index (χ0n) is 17.3. The van der Waals surface area contributed by atoms with Crippen LogP contribution in [0.15, 0.2) is 36.7 Å². The van der Waals surface area contributed by atoms with Crippen LogP contribution >= 0.6 is 0 Å². The number of likely N-dealkylation sites (tertiary alicyclic amines) is 1. The maximum atomic E-state index is 13.0. The van der Waals surface area contributed by atoms with Crippen molar-refractivity contribution in [1.82, 2.24) is 19.8 Å². The summed E-state index contributed by atoms with van der Waals surface area (Å²) in [6.07, 6.45) is 5.18. The third-order valence-corrected chi connectivity index (χ3v) is 5.53. The molecule has 2 aliphatic rings. The minimum absolute atomic E-state index is 0.0839. The lowest BCUT2D eigenvalue weighted by Gasteiger charge is -2.33. The normalized spacial score (nSPS) is 19.0. The van der Waals surface area contributed by atoms with Crippen LogP contribution in [0.4, 0.5) is 15.9 Å². The number of aromatic nitrogens is 2. The van der Waals surface area contributed by atoms with Gasteiger partial charge in [0.25, 0.3) is 0 Å². The summed E-state index contributed by atoms with van der Waals surface area (Å²) in [6, 6.07) is 6.59. The summed E-state index contributed by atoms with van der Waals surface area (Å²) in [5.74, 6) is 0.410. The molecule has 0 aliphatic carbocycles. The van der Waals surface area contributed by atoms with Crippen molar-refractivity contribution in [3.63, 3.8) is 0 Å². The monoisotopic (exact) mass is 427 g/mol. The number of carbonyl (C=O) groups is 2. The van der Waals surface area contributed by atoms with Crippen LogP contribution < -0.4 is 5.32 Å². The molecule has 0 unspecified atom stereocenters. The van der Waals surface area contributed by atoms with Crippen LogP contribution in [0, 0.1) is 5.82 Å². The third-order valence-electron chi connectivity index (χ3n) is 5.53. The number of anilines is 2. The van der Waals surface area contributed by atoms with Crippen molar-refractivity contribution in [2.24, 2.45) is 0 Å². The van der Waals surface area contributed by atoms with Crippen molar-refractivity contribution >= 4 is 23.3 Å². The Labute approximate surface area is 180 Å². The summed E-state index contributed by atoms with van der Waals surface area (Å²) in [4.78, 5) is 36.4. The van der Waals surface area contributed by atoms with Gasteiger partial charge in [0.2, 0.25) is 11.8 Å². The van der Waals surface area contributed by atoms with Gasteiger partial charge in [-0.1, -0.05) is 0 Å². The summed E-state index contributed by atoms with van der Waals surface area (Å²) in [7, 11) is 0. The Morgan fingerprint density at radius 2 is 2.10 bits per heavy atom. The van der Waals surface area contributed by atoms with Gasteiger partial charge in [0, 0.05) is 32.5 Å². The second kappa shape index (κ2) is 9.82. The third kappa shape index (κ3) is 5.55. The highest BCUT2D eigenvalue weighted by Crippen LogP contribution is 2.23. The van der Waals surface area contributed by atoms with Gasteiger partial charge in [0.15, 0.2) is 0 Å². The molecule has 0 aromatic carbocycles. The molecule has 0 radical (unpaired) electrons. The molecule has 2 aromatic heterocycles. The fraction of sp³-hybridized carbons (Fsp3) is 0.455. The first-order chi connectivity index (χ1) is 15.1. The van der Waals surface area contributed by atoms with E-state index < -0.39 is 5.82 Å². The number of hydrogen-bond acceptors (Lipinski definition) is 6. The fourth-order valence-electron chi connectivity index (χ4n) is 3.84. The summed E-state index contributed by atoms with van der Waals surface area (Å²) < 4.78 is 18.8. The molecule has 0 spiro atoms. The second-order valence-electron chi connectivity index (χ2n) is 7.75. The van der Waals surface area contributed by atoms with Crippen molar-refractivity contribution in [3.05, 3.63) is 48.2 Å². The molecule has 8 nitrogen and oxygen atoms in total. The number of ether oxygens (including phenoxy) is 1. The predicted octanol–water partition coefficient (Wildman–Crippen LogP) is 2.66. The van der Waals surface area contributed by atoms with E-state index in [4.69, 9.17) is 4.74 Å². The Bertz CT molecular complexity index is 906. The van der Waals surface area contributed by atoms with Gasteiger partial charge in [-0.05, 0) is 37.1 Å². The molecule has 2 saturated heterocycles. The van der Waals surface area contributed by atoms with Gasteiger partial charge >= 0.3 is 0 Å². The highest BCUT2D eigenvalue weighted by Gasteiger charge is 2.26. The van der Waals surface area contributed by atoms with Crippen LogP contribution in [-0.4, -0.2) is 64.4 Å². The number of hydrogen-bond donors (Lipinski definition) is 1. The molecule has 1 atom stereocenters. The molecule has 1 N–H and O–H groups in total. The van der Waals surface area contributed by atoms with Gasteiger partial charge in [-0.2, -0.15) is 0 Å². The first kappa shape index (κ1) is 21.2. The van der Waals surface area contributed by atoms with Gasteiger partial charge in [-0.3, -0.25) is 14.6 Å². The smallest absolute Gasteiger partial charge is 0.222 e. The van der Waals surface area contributed by atoms with E-state index in [2.05, 4.69) is 15.3 Å². The second-order valence-corrected chi connectivity index (χ2v) is 7.75. The van der Waals surface area contributed by atoms with Crippen LogP contribution in [0.25, 0.3) is 0 Å². The van der Waals surface area contributed by atoms with Gasteiger partial charge in [-0.15, -0.1) is 0 Å². The SMILES string of the molecule is O=C1CCCN1CCCC(=O)N1CCO[C@H](c2ccc(Nc3ccc(F)cn3)cn2)C1. The van der Waals surface area contributed by atoms with Crippen molar-refractivity contribution in [3.8, 4) is 0 Å². The van der Waals surface area contributed by atoms with E-state index in [9.17, 15) is 14.0 Å². The molecule has 2 fully saturated rings. The summed E-state index contributed by atoms with van der Waals surface area (Å²) in [5, 5.41) is 3.06. The molecule has 4 rings (SSSR count). The van der Waals surface area contributed by atoms with Crippen LogP contribution in [-0.2, 0) is 14.3 Å². The summed E-state index contributed by atoms with van der Waals surface area (Å²) in [6.45, 7) is 2.94.